The molecular formula is C38H41NO4S2. The molecule has 5 nitrogen and oxygen atoms in total. The molecule has 45 heavy (non-hydrogen) atoms. The number of benzene rings is 2. The molecule has 3 heterocycles. The number of amides is 1. The Morgan fingerprint density at radius 2 is 1.96 bits per heavy atom. The maximum Gasteiger partial charge on any atom is 0.410 e. The summed E-state index contributed by atoms with van der Waals surface area (Å²) in [5, 5.41) is 14.1. The van der Waals surface area contributed by atoms with Crippen LogP contribution in [0, 0.1) is 5.41 Å². The molecule has 4 aromatic rings. The Hall–Kier alpha value is -3.26. The Morgan fingerprint density at radius 3 is 2.78 bits per heavy atom. The fourth-order valence-electron chi connectivity index (χ4n) is 8.08. The van der Waals surface area contributed by atoms with Crippen molar-refractivity contribution in [1.82, 2.24) is 4.90 Å². The van der Waals surface area contributed by atoms with Crippen LogP contribution < -0.4 is 0 Å². The molecule has 1 spiro atoms. The lowest BCUT2D eigenvalue weighted by Gasteiger charge is -2.43. The zero-order valence-corrected chi connectivity index (χ0v) is 27.7. The lowest BCUT2D eigenvalue weighted by atomic mass is 9.65. The van der Waals surface area contributed by atoms with E-state index in [1.54, 1.807) is 22.7 Å². The van der Waals surface area contributed by atoms with E-state index in [1.165, 1.54) is 10.5 Å². The highest BCUT2D eigenvalue weighted by Crippen LogP contribution is 2.61. The van der Waals surface area contributed by atoms with Crippen molar-refractivity contribution in [2.75, 3.05) is 13.1 Å². The van der Waals surface area contributed by atoms with Gasteiger partial charge in [0.05, 0.1) is 17.5 Å². The minimum Gasteiger partial charge on any atom is -0.440 e. The number of nitrogens with zero attached hydrogens (tertiary/aromatic N) is 1. The van der Waals surface area contributed by atoms with E-state index in [2.05, 4.69) is 61.7 Å². The molecule has 1 N–H and O–H groups in total. The molecule has 8 rings (SSSR count). The number of carbonyl (C=O) groups excluding carboxylic acids is 2. The summed E-state index contributed by atoms with van der Waals surface area (Å²) in [5.41, 5.74) is 3.06. The Morgan fingerprint density at radius 1 is 1.09 bits per heavy atom. The maximum absolute atomic E-state index is 14.4. The third kappa shape index (κ3) is 5.68. The molecule has 1 saturated carbocycles. The summed E-state index contributed by atoms with van der Waals surface area (Å²) in [5.74, 6) is 0.0844. The second kappa shape index (κ2) is 12.2. The van der Waals surface area contributed by atoms with Gasteiger partial charge in [-0.25, -0.2) is 4.79 Å². The molecule has 0 radical (unpaired) electrons. The van der Waals surface area contributed by atoms with Crippen LogP contribution in [0.3, 0.4) is 0 Å². The smallest absolute Gasteiger partial charge is 0.410 e. The summed E-state index contributed by atoms with van der Waals surface area (Å²) < 4.78 is 7.59. The summed E-state index contributed by atoms with van der Waals surface area (Å²) >= 11 is 3.26. The molecule has 7 heteroatoms. The largest absolute Gasteiger partial charge is 0.440 e. The minimum atomic E-state index is -0.615. The number of allylic oxidation sites excluding steroid dienone is 2. The van der Waals surface area contributed by atoms with Crippen molar-refractivity contribution < 1.29 is 19.4 Å². The molecule has 1 aliphatic heterocycles. The number of hydrogen-bond donors (Lipinski definition) is 1. The minimum absolute atomic E-state index is 0.0367. The molecule has 2 bridgehead atoms. The van der Waals surface area contributed by atoms with Crippen LogP contribution in [0.1, 0.15) is 89.5 Å². The number of carbonyl (C=O) groups is 2. The summed E-state index contributed by atoms with van der Waals surface area (Å²) in [6, 6.07) is 20.6. The molecule has 1 saturated heterocycles. The predicted molar refractivity (Wildman–Crippen MR) is 183 cm³/mol. The number of ether oxygens (including phenoxy) is 1. The van der Waals surface area contributed by atoms with Crippen molar-refractivity contribution in [1.29, 1.82) is 0 Å². The molecule has 4 aliphatic rings. The first-order chi connectivity index (χ1) is 21.7. The number of aliphatic hydroxyl groups excluding tert-OH is 1. The molecule has 4 unspecified atom stereocenters. The van der Waals surface area contributed by atoms with E-state index in [0.717, 1.165) is 70.2 Å². The fraction of sp³-hybridized carbons (Fsp3) is 0.421. The average molecular weight is 640 g/mol. The quantitative estimate of drug-likeness (QED) is 0.175. The normalized spacial score (nSPS) is 27.0. The van der Waals surface area contributed by atoms with Gasteiger partial charge in [0.25, 0.3) is 0 Å². The van der Waals surface area contributed by atoms with Gasteiger partial charge in [-0.3, -0.25) is 4.79 Å². The van der Waals surface area contributed by atoms with Crippen LogP contribution in [0.5, 0.6) is 0 Å². The Labute approximate surface area is 273 Å². The maximum atomic E-state index is 14.4. The van der Waals surface area contributed by atoms with Gasteiger partial charge >= 0.3 is 6.09 Å². The second-order valence-corrected chi connectivity index (χ2v) is 15.6. The van der Waals surface area contributed by atoms with Crippen LogP contribution in [0.4, 0.5) is 4.79 Å². The highest BCUT2D eigenvalue weighted by atomic mass is 32.1. The molecule has 2 aromatic carbocycles. The van der Waals surface area contributed by atoms with Crippen molar-refractivity contribution >= 4 is 44.6 Å². The van der Waals surface area contributed by atoms with Gasteiger partial charge in [-0.1, -0.05) is 55.0 Å². The first kappa shape index (κ1) is 30.4. The zero-order valence-electron chi connectivity index (χ0n) is 26.1. The van der Waals surface area contributed by atoms with Gasteiger partial charge in [0.15, 0.2) is 0 Å². The molecule has 2 fully saturated rings. The first-order valence-corrected chi connectivity index (χ1v) is 17.9. The number of aliphatic hydroxyl groups is 1. The van der Waals surface area contributed by atoms with Crippen LogP contribution in [0.2, 0.25) is 0 Å². The number of hydrogen-bond acceptors (Lipinski definition) is 6. The van der Waals surface area contributed by atoms with Crippen LogP contribution in [-0.4, -0.2) is 46.7 Å². The molecule has 3 aliphatic carbocycles. The van der Waals surface area contributed by atoms with Crippen LogP contribution in [0.15, 0.2) is 77.7 Å². The third-order valence-electron chi connectivity index (χ3n) is 10.7. The van der Waals surface area contributed by atoms with Crippen molar-refractivity contribution in [3.05, 3.63) is 104 Å². The lowest BCUT2D eigenvalue weighted by Crippen LogP contribution is -2.48. The standard InChI is InChI=1S/C38H41NO4S2/c1-25-7-5-17-37(2)32(15-18-38(37)24-39(36(42)43-38)19-16-29-9-6-20-44-29)30-14-12-26(21-28(40)13-11-25)22-31(30)35(41)34-23-27-8-3-4-10-33(27)45-34/h3-4,6-10,12,14,20,22-23,28,32,40H,5,11,13,15-19,21,24H2,1-2H3. The molecule has 1 amide bonds. The van der Waals surface area contributed by atoms with Gasteiger partial charge in [0.1, 0.15) is 5.60 Å². The van der Waals surface area contributed by atoms with E-state index in [-0.39, 0.29) is 23.2 Å². The number of rotatable bonds is 5. The number of fused-ring (bicyclic) bond motifs is 9. The fourth-order valence-corrected chi connectivity index (χ4v) is 9.80. The monoisotopic (exact) mass is 639 g/mol. The van der Waals surface area contributed by atoms with Crippen molar-refractivity contribution in [2.24, 2.45) is 5.41 Å². The summed E-state index contributed by atoms with van der Waals surface area (Å²) in [6.45, 7) is 5.69. The van der Waals surface area contributed by atoms with E-state index in [4.69, 9.17) is 4.74 Å². The predicted octanol–water partition coefficient (Wildman–Crippen LogP) is 8.93. The van der Waals surface area contributed by atoms with Gasteiger partial charge in [0, 0.05) is 27.1 Å². The van der Waals surface area contributed by atoms with E-state index < -0.39 is 11.7 Å². The SMILES string of the molecule is CC1=CCCC2(C)C(CCC23CN(CCc2cccs2)C(=O)O3)c2ccc(cc2C(=O)c2cc3ccccc3s2)CC(O)CC1. The Balaban J connectivity index is 1.29. The van der Waals surface area contributed by atoms with Gasteiger partial charge in [0.2, 0.25) is 5.78 Å². The second-order valence-electron chi connectivity index (χ2n) is 13.5. The van der Waals surface area contributed by atoms with E-state index in [9.17, 15) is 14.7 Å². The highest BCUT2D eigenvalue weighted by Gasteiger charge is 2.63. The van der Waals surface area contributed by atoms with Crippen LogP contribution in [0.25, 0.3) is 10.1 Å². The molecule has 2 aromatic heterocycles. The van der Waals surface area contributed by atoms with E-state index in [0.29, 0.717) is 25.9 Å². The van der Waals surface area contributed by atoms with Crippen molar-refractivity contribution in [3.63, 3.8) is 0 Å². The average Bonchev–Trinajstić information content (AvgIpc) is 3.82. The summed E-state index contributed by atoms with van der Waals surface area (Å²) in [7, 11) is 0. The van der Waals surface area contributed by atoms with Gasteiger partial charge in [-0.2, -0.15) is 0 Å². The van der Waals surface area contributed by atoms with Gasteiger partial charge in [-0.05, 0) is 110 Å². The summed E-state index contributed by atoms with van der Waals surface area (Å²) in [4.78, 5) is 31.8. The topological polar surface area (TPSA) is 66.8 Å². The number of thiophene rings is 2. The van der Waals surface area contributed by atoms with Crippen molar-refractivity contribution in [2.45, 2.75) is 82.8 Å². The zero-order chi connectivity index (χ0) is 31.2. The van der Waals surface area contributed by atoms with Gasteiger partial charge < -0.3 is 14.7 Å². The van der Waals surface area contributed by atoms with Crippen LogP contribution in [-0.2, 0) is 17.6 Å². The Kier molecular flexibility index (Phi) is 8.21. The molecule has 4 atom stereocenters. The van der Waals surface area contributed by atoms with Crippen molar-refractivity contribution in [3.8, 4) is 0 Å². The summed E-state index contributed by atoms with van der Waals surface area (Å²) in [6.07, 6.45) is 7.82. The lowest BCUT2D eigenvalue weighted by molar-refractivity contribution is -0.0372. The molecular weight excluding hydrogens is 599 g/mol. The Bertz CT molecular complexity index is 1720. The van der Waals surface area contributed by atoms with E-state index >= 15 is 0 Å². The first-order valence-electron chi connectivity index (χ1n) is 16.2. The van der Waals surface area contributed by atoms with E-state index in [1.807, 2.05) is 29.2 Å². The molecule has 234 valence electrons. The van der Waals surface area contributed by atoms with Crippen LogP contribution >= 0.6 is 22.7 Å². The van der Waals surface area contributed by atoms with Gasteiger partial charge in [-0.15, -0.1) is 22.7 Å². The highest BCUT2D eigenvalue weighted by molar-refractivity contribution is 7.21. The third-order valence-corrected chi connectivity index (χ3v) is 12.8. The number of ketones is 1.